The van der Waals surface area contributed by atoms with E-state index in [0.717, 1.165) is 25.7 Å². The number of rotatable bonds is 9. The maximum atomic E-state index is 11.3. The van der Waals surface area contributed by atoms with E-state index < -0.39 is 0 Å². The summed E-state index contributed by atoms with van der Waals surface area (Å²) < 4.78 is 0. The van der Waals surface area contributed by atoms with Gasteiger partial charge in [0, 0.05) is 38.6 Å². The van der Waals surface area contributed by atoms with Crippen LogP contribution in [0.5, 0.6) is 0 Å². The molecule has 3 heteroatoms. The number of unbranched alkanes of at least 4 members (excludes halogenated alkanes) is 3. The molecule has 17 heavy (non-hydrogen) atoms. The Morgan fingerprint density at radius 3 is 2.29 bits per heavy atom. The molecule has 2 nitrogen and oxygen atoms in total. The Labute approximate surface area is 133 Å². The summed E-state index contributed by atoms with van der Waals surface area (Å²) in [6.45, 7) is 8.97. The predicted octanol–water partition coefficient (Wildman–Crippen LogP) is 3.59. The van der Waals surface area contributed by atoms with Gasteiger partial charge >= 0.3 is 0 Å². The zero-order valence-electron chi connectivity index (χ0n) is 11.7. The van der Waals surface area contributed by atoms with Crippen LogP contribution in [0, 0.1) is 19.3 Å². The van der Waals surface area contributed by atoms with Crippen molar-refractivity contribution >= 4 is 5.78 Å². The first-order valence-electron chi connectivity index (χ1n) is 6.36. The van der Waals surface area contributed by atoms with Gasteiger partial charge in [0.15, 0.2) is 0 Å². The Bertz CT molecular complexity index is 139. The van der Waals surface area contributed by atoms with Crippen LogP contribution in [-0.4, -0.2) is 17.5 Å². The number of Topliss-reactive ketones (excluding diaryl/α,β-unsaturated/α-hetero) is 1. The molecule has 101 valence electrons. The summed E-state index contributed by atoms with van der Waals surface area (Å²) in [5.74, 6) is 0.511. The first-order chi connectivity index (χ1) is 7.72. The van der Waals surface area contributed by atoms with Gasteiger partial charge in [0.05, 0.1) is 0 Å². The van der Waals surface area contributed by atoms with Gasteiger partial charge in [-0.1, -0.05) is 39.2 Å². The van der Waals surface area contributed by atoms with Crippen LogP contribution in [0.4, 0.5) is 0 Å². The number of carbonyl (C=O) groups excluding carboxylic acids is 1. The van der Waals surface area contributed by atoms with E-state index in [9.17, 15) is 4.79 Å². The number of aliphatic hydroxyl groups is 1. The maximum absolute atomic E-state index is 11.3. The Morgan fingerprint density at radius 2 is 1.88 bits per heavy atom. The zero-order valence-corrected chi connectivity index (χ0v) is 14.6. The average molecular weight is 317 g/mol. The molecule has 0 aromatic rings. The topological polar surface area (TPSA) is 37.3 Å². The standard InChI is InChI=1S/C12H23O2.C2H5.Y/c1-3-4-5-8-12(11(2)14)9-6-7-10-13;1-2;/h7,12-13H,3-6,8-10H2,1-2H3;1H2,2H3;/q2*-1;. The zero-order chi connectivity index (χ0) is 12.8. The van der Waals surface area contributed by atoms with Crippen LogP contribution in [-0.2, 0) is 37.5 Å². The number of ketones is 1. The van der Waals surface area contributed by atoms with Crippen molar-refractivity contribution in [1.29, 1.82) is 0 Å². The minimum Gasteiger partial charge on any atom is -0.428 e. The summed E-state index contributed by atoms with van der Waals surface area (Å²) in [5.41, 5.74) is 0. The van der Waals surface area contributed by atoms with Crippen LogP contribution >= 0.6 is 0 Å². The van der Waals surface area contributed by atoms with E-state index in [1.807, 2.05) is 6.42 Å². The molecule has 1 radical (unpaired) electrons. The molecule has 1 N–H and O–H groups in total. The fraction of sp³-hybridized carbons (Fsp3) is 0.786. The molecular formula is C14H28O2Y-2. The van der Waals surface area contributed by atoms with Crippen molar-refractivity contribution in [2.45, 2.75) is 59.3 Å². The molecule has 0 aromatic carbocycles. The van der Waals surface area contributed by atoms with Gasteiger partial charge in [-0.15, -0.1) is 0 Å². The molecule has 0 aliphatic carbocycles. The summed E-state index contributed by atoms with van der Waals surface area (Å²) >= 11 is 0. The van der Waals surface area contributed by atoms with Crippen molar-refractivity contribution in [2.24, 2.45) is 5.92 Å². The van der Waals surface area contributed by atoms with Crippen LogP contribution in [0.25, 0.3) is 0 Å². The third kappa shape index (κ3) is 16.7. The quantitative estimate of drug-likeness (QED) is 0.521. The minimum absolute atomic E-state index is 0. The summed E-state index contributed by atoms with van der Waals surface area (Å²) in [6.07, 6.45) is 8.17. The largest absolute Gasteiger partial charge is 0.428 e. The van der Waals surface area contributed by atoms with E-state index in [2.05, 4.69) is 13.8 Å². The minimum atomic E-state index is 0. The van der Waals surface area contributed by atoms with Crippen LogP contribution in [0.3, 0.4) is 0 Å². The van der Waals surface area contributed by atoms with E-state index in [-0.39, 0.29) is 45.2 Å². The van der Waals surface area contributed by atoms with Crippen LogP contribution < -0.4 is 0 Å². The third-order valence-electron chi connectivity index (χ3n) is 2.58. The van der Waals surface area contributed by atoms with Gasteiger partial charge in [0.2, 0.25) is 0 Å². The number of aliphatic hydroxyl groups excluding tert-OH is 1. The molecule has 1 atom stereocenters. The molecule has 0 amide bonds. The van der Waals surface area contributed by atoms with Gasteiger partial charge in [-0.3, -0.25) is 4.79 Å². The summed E-state index contributed by atoms with van der Waals surface area (Å²) in [7, 11) is 0. The molecule has 0 saturated heterocycles. The van der Waals surface area contributed by atoms with Crippen LogP contribution in [0.1, 0.15) is 59.3 Å². The normalized spacial score (nSPS) is 10.9. The van der Waals surface area contributed by atoms with Crippen molar-refractivity contribution in [3.63, 3.8) is 0 Å². The smallest absolute Gasteiger partial charge is 0.132 e. The molecule has 0 rings (SSSR count). The van der Waals surface area contributed by atoms with Crippen LogP contribution in [0.2, 0.25) is 0 Å². The van der Waals surface area contributed by atoms with Crippen LogP contribution in [0.15, 0.2) is 0 Å². The maximum Gasteiger partial charge on any atom is 0.132 e. The number of hydrogen-bond donors (Lipinski definition) is 1. The Balaban J connectivity index is -0.000000616. The fourth-order valence-corrected chi connectivity index (χ4v) is 1.60. The molecular weight excluding hydrogens is 289 g/mol. The second-order valence-electron chi connectivity index (χ2n) is 3.85. The van der Waals surface area contributed by atoms with Gasteiger partial charge < -0.3 is 18.5 Å². The molecule has 1 unspecified atom stereocenters. The third-order valence-corrected chi connectivity index (χ3v) is 2.58. The van der Waals surface area contributed by atoms with E-state index >= 15 is 0 Å². The molecule has 0 saturated carbocycles. The second kappa shape index (κ2) is 19.1. The first-order valence-corrected chi connectivity index (χ1v) is 6.36. The van der Waals surface area contributed by atoms with E-state index in [1.54, 1.807) is 13.8 Å². The van der Waals surface area contributed by atoms with Crippen molar-refractivity contribution < 1.29 is 42.6 Å². The number of carbonyl (C=O) groups is 1. The van der Waals surface area contributed by atoms with E-state index in [0.29, 0.717) is 5.78 Å². The summed E-state index contributed by atoms with van der Waals surface area (Å²) in [5, 5.41) is 8.59. The predicted molar refractivity (Wildman–Crippen MR) is 70.0 cm³/mol. The Kier molecular flexibility index (Phi) is 25.7. The first kappa shape index (κ1) is 22.9. The summed E-state index contributed by atoms with van der Waals surface area (Å²) in [6, 6.07) is 0. The van der Waals surface area contributed by atoms with Crippen molar-refractivity contribution in [3.05, 3.63) is 13.3 Å². The molecule has 0 spiro atoms. The monoisotopic (exact) mass is 317 g/mol. The van der Waals surface area contributed by atoms with Gasteiger partial charge in [-0.05, 0) is 13.3 Å². The number of hydrogen-bond acceptors (Lipinski definition) is 2. The molecule has 0 aliphatic rings. The van der Waals surface area contributed by atoms with Gasteiger partial charge in [0.25, 0.3) is 0 Å². The summed E-state index contributed by atoms with van der Waals surface area (Å²) in [4.78, 5) is 11.3. The van der Waals surface area contributed by atoms with Gasteiger partial charge in [-0.2, -0.15) is 13.3 Å². The van der Waals surface area contributed by atoms with Crippen molar-refractivity contribution in [1.82, 2.24) is 0 Å². The van der Waals surface area contributed by atoms with E-state index in [1.165, 1.54) is 12.8 Å². The van der Waals surface area contributed by atoms with Gasteiger partial charge in [0.1, 0.15) is 5.78 Å². The SMILES string of the molecule is CCCCCC(CC[CH-]CO)C(C)=O.[CH2-]C.[Y]. The molecule has 0 aromatic heterocycles. The Morgan fingerprint density at radius 1 is 1.29 bits per heavy atom. The average Bonchev–Trinajstić information content (AvgIpc) is 2.30. The van der Waals surface area contributed by atoms with Crippen molar-refractivity contribution in [3.8, 4) is 0 Å². The molecule has 0 aliphatic heterocycles. The van der Waals surface area contributed by atoms with E-state index in [4.69, 9.17) is 5.11 Å². The fourth-order valence-electron chi connectivity index (χ4n) is 1.60. The molecule has 0 bridgehead atoms. The second-order valence-corrected chi connectivity index (χ2v) is 3.85. The Hall–Kier alpha value is 0.734. The van der Waals surface area contributed by atoms with Gasteiger partial charge in [-0.25, -0.2) is 0 Å². The molecule has 0 heterocycles. The molecule has 0 fully saturated rings. The van der Waals surface area contributed by atoms with Crippen molar-refractivity contribution in [2.75, 3.05) is 6.61 Å².